The molecule has 0 spiro atoms. The summed E-state index contributed by atoms with van der Waals surface area (Å²) < 4.78 is 18.4. The molecule has 1 saturated heterocycles. The lowest BCUT2D eigenvalue weighted by molar-refractivity contribution is -0.138. The highest BCUT2D eigenvalue weighted by atomic mass is 19.1. The SMILES string of the molecule is COc1ccc(CC(=O)N2CCN(C(=O)Cc3cccc(F)c3)CC2)cc1. The fraction of sp³-hybridized carbons (Fsp3) is 0.333. The van der Waals surface area contributed by atoms with Crippen LogP contribution in [-0.2, 0) is 22.4 Å². The smallest absolute Gasteiger partial charge is 0.227 e. The number of hydrogen-bond acceptors (Lipinski definition) is 3. The van der Waals surface area contributed by atoms with Gasteiger partial charge in [-0.15, -0.1) is 0 Å². The summed E-state index contributed by atoms with van der Waals surface area (Å²) in [5, 5.41) is 0. The van der Waals surface area contributed by atoms with E-state index in [1.807, 2.05) is 24.3 Å². The fourth-order valence-electron chi connectivity index (χ4n) is 3.17. The van der Waals surface area contributed by atoms with Crippen molar-refractivity contribution in [1.82, 2.24) is 9.80 Å². The summed E-state index contributed by atoms with van der Waals surface area (Å²) in [5.41, 5.74) is 1.60. The van der Waals surface area contributed by atoms with Crippen molar-refractivity contribution >= 4 is 11.8 Å². The van der Waals surface area contributed by atoms with E-state index in [4.69, 9.17) is 4.74 Å². The number of ether oxygens (including phenoxy) is 1. The van der Waals surface area contributed by atoms with Gasteiger partial charge in [-0.2, -0.15) is 0 Å². The normalized spacial score (nSPS) is 14.1. The second-order valence-corrected chi connectivity index (χ2v) is 6.59. The molecule has 0 N–H and O–H groups in total. The van der Waals surface area contributed by atoms with E-state index in [9.17, 15) is 14.0 Å². The van der Waals surface area contributed by atoms with Crippen molar-refractivity contribution in [3.8, 4) is 5.75 Å². The van der Waals surface area contributed by atoms with Crippen LogP contribution >= 0.6 is 0 Å². The Balaban J connectivity index is 1.48. The third-order valence-corrected chi connectivity index (χ3v) is 4.74. The van der Waals surface area contributed by atoms with Crippen LogP contribution in [0, 0.1) is 5.82 Å². The first-order valence-electron chi connectivity index (χ1n) is 8.98. The van der Waals surface area contributed by atoms with E-state index in [1.54, 1.807) is 29.0 Å². The maximum atomic E-state index is 13.2. The molecule has 6 heteroatoms. The van der Waals surface area contributed by atoms with Gasteiger partial charge in [-0.25, -0.2) is 4.39 Å². The van der Waals surface area contributed by atoms with Crippen molar-refractivity contribution in [2.24, 2.45) is 0 Å². The Morgan fingerprint density at radius 1 is 0.889 bits per heavy atom. The predicted octanol–water partition coefficient (Wildman–Crippen LogP) is 2.29. The monoisotopic (exact) mass is 370 g/mol. The molecule has 2 aromatic carbocycles. The van der Waals surface area contributed by atoms with E-state index in [0.29, 0.717) is 38.2 Å². The molecule has 0 aromatic heterocycles. The van der Waals surface area contributed by atoms with Crippen molar-refractivity contribution in [3.05, 3.63) is 65.5 Å². The van der Waals surface area contributed by atoms with Crippen molar-refractivity contribution < 1.29 is 18.7 Å². The largest absolute Gasteiger partial charge is 0.497 e. The van der Waals surface area contributed by atoms with Gasteiger partial charge < -0.3 is 14.5 Å². The number of rotatable bonds is 5. The molecule has 2 amide bonds. The number of methoxy groups -OCH3 is 1. The molecule has 142 valence electrons. The van der Waals surface area contributed by atoms with Gasteiger partial charge in [-0.05, 0) is 35.4 Å². The average Bonchev–Trinajstić information content (AvgIpc) is 2.68. The molecule has 27 heavy (non-hydrogen) atoms. The van der Waals surface area contributed by atoms with Gasteiger partial charge in [-0.3, -0.25) is 9.59 Å². The number of piperazine rings is 1. The average molecular weight is 370 g/mol. The third kappa shape index (κ3) is 5.06. The van der Waals surface area contributed by atoms with Crippen LogP contribution in [0.4, 0.5) is 4.39 Å². The molecule has 2 aromatic rings. The second kappa shape index (κ2) is 8.66. The molecule has 3 rings (SSSR count). The lowest BCUT2D eigenvalue weighted by atomic mass is 10.1. The van der Waals surface area contributed by atoms with Crippen LogP contribution < -0.4 is 4.74 Å². The minimum atomic E-state index is -0.339. The van der Waals surface area contributed by atoms with Crippen LogP contribution in [0.2, 0.25) is 0 Å². The van der Waals surface area contributed by atoms with Crippen LogP contribution in [0.25, 0.3) is 0 Å². The minimum absolute atomic E-state index is 0.0390. The van der Waals surface area contributed by atoms with Gasteiger partial charge in [0.15, 0.2) is 0 Å². The molecule has 1 aliphatic heterocycles. The summed E-state index contributed by atoms with van der Waals surface area (Å²) in [6.45, 7) is 2.04. The fourth-order valence-corrected chi connectivity index (χ4v) is 3.17. The molecule has 0 bridgehead atoms. The molecular weight excluding hydrogens is 347 g/mol. The number of amides is 2. The zero-order chi connectivity index (χ0) is 19.2. The van der Waals surface area contributed by atoms with Gasteiger partial charge >= 0.3 is 0 Å². The number of halogens is 1. The molecule has 0 saturated carbocycles. The summed E-state index contributed by atoms with van der Waals surface area (Å²) in [6, 6.07) is 13.5. The van der Waals surface area contributed by atoms with Gasteiger partial charge in [-0.1, -0.05) is 24.3 Å². The molecule has 5 nitrogen and oxygen atoms in total. The molecule has 0 radical (unpaired) electrons. The van der Waals surface area contributed by atoms with Crippen molar-refractivity contribution in [1.29, 1.82) is 0 Å². The maximum absolute atomic E-state index is 13.2. The minimum Gasteiger partial charge on any atom is -0.497 e. The van der Waals surface area contributed by atoms with Crippen LogP contribution in [-0.4, -0.2) is 54.9 Å². The van der Waals surface area contributed by atoms with E-state index in [-0.39, 0.29) is 24.1 Å². The highest BCUT2D eigenvalue weighted by molar-refractivity contribution is 5.81. The summed E-state index contributed by atoms with van der Waals surface area (Å²) in [5.74, 6) is 0.436. The van der Waals surface area contributed by atoms with Crippen LogP contribution in [0.15, 0.2) is 48.5 Å². The maximum Gasteiger partial charge on any atom is 0.227 e. The van der Waals surface area contributed by atoms with Crippen molar-refractivity contribution in [3.63, 3.8) is 0 Å². The summed E-state index contributed by atoms with van der Waals surface area (Å²) in [7, 11) is 1.61. The molecule has 1 aliphatic rings. The van der Waals surface area contributed by atoms with E-state index in [2.05, 4.69) is 0 Å². The topological polar surface area (TPSA) is 49.9 Å². The van der Waals surface area contributed by atoms with Crippen LogP contribution in [0.3, 0.4) is 0 Å². The Morgan fingerprint density at radius 3 is 1.96 bits per heavy atom. The predicted molar refractivity (Wildman–Crippen MR) is 100.0 cm³/mol. The number of benzene rings is 2. The first-order valence-corrected chi connectivity index (χ1v) is 8.98. The Morgan fingerprint density at radius 2 is 1.44 bits per heavy atom. The van der Waals surface area contributed by atoms with Gasteiger partial charge in [0.2, 0.25) is 11.8 Å². The third-order valence-electron chi connectivity index (χ3n) is 4.74. The highest BCUT2D eigenvalue weighted by Gasteiger charge is 2.24. The molecule has 0 atom stereocenters. The Bertz CT molecular complexity index is 799. The standard InChI is InChI=1S/C21H23FN2O3/c1-27-19-7-5-16(6-8-19)14-20(25)23-9-11-24(12-10-23)21(26)15-17-3-2-4-18(22)13-17/h2-8,13H,9-12,14-15H2,1H3. The Hall–Kier alpha value is -2.89. The number of hydrogen-bond donors (Lipinski definition) is 0. The lowest BCUT2D eigenvalue weighted by Gasteiger charge is -2.35. The summed E-state index contributed by atoms with van der Waals surface area (Å²) >= 11 is 0. The van der Waals surface area contributed by atoms with Crippen LogP contribution in [0.5, 0.6) is 5.75 Å². The first-order chi connectivity index (χ1) is 13.0. The van der Waals surface area contributed by atoms with E-state index < -0.39 is 0 Å². The molecule has 0 aliphatic carbocycles. The first kappa shape index (κ1) is 18.9. The van der Waals surface area contributed by atoms with Crippen molar-refractivity contribution in [2.45, 2.75) is 12.8 Å². The van der Waals surface area contributed by atoms with Crippen molar-refractivity contribution in [2.75, 3.05) is 33.3 Å². The van der Waals surface area contributed by atoms with E-state index >= 15 is 0 Å². The van der Waals surface area contributed by atoms with E-state index in [0.717, 1.165) is 11.3 Å². The quantitative estimate of drug-likeness (QED) is 0.811. The number of carbonyl (C=O) groups is 2. The van der Waals surface area contributed by atoms with Gasteiger partial charge in [0.05, 0.1) is 20.0 Å². The van der Waals surface area contributed by atoms with Gasteiger partial charge in [0.25, 0.3) is 0 Å². The summed E-state index contributed by atoms with van der Waals surface area (Å²) in [4.78, 5) is 28.4. The molecule has 1 heterocycles. The van der Waals surface area contributed by atoms with Gasteiger partial charge in [0, 0.05) is 26.2 Å². The van der Waals surface area contributed by atoms with Crippen LogP contribution in [0.1, 0.15) is 11.1 Å². The Labute approximate surface area is 158 Å². The second-order valence-electron chi connectivity index (χ2n) is 6.59. The molecule has 0 unspecified atom stereocenters. The Kier molecular flexibility index (Phi) is 6.06. The number of carbonyl (C=O) groups excluding carboxylic acids is 2. The van der Waals surface area contributed by atoms with E-state index in [1.165, 1.54) is 12.1 Å². The summed E-state index contributed by atoms with van der Waals surface area (Å²) in [6.07, 6.45) is 0.513. The zero-order valence-corrected chi connectivity index (χ0v) is 15.4. The lowest BCUT2D eigenvalue weighted by Crippen LogP contribution is -2.51. The van der Waals surface area contributed by atoms with Gasteiger partial charge in [0.1, 0.15) is 11.6 Å². The molecule has 1 fully saturated rings. The number of nitrogens with zero attached hydrogens (tertiary/aromatic N) is 2. The molecular formula is C21H23FN2O3. The zero-order valence-electron chi connectivity index (χ0n) is 15.4. The highest BCUT2D eigenvalue weighted by Crippen LogP contribution is 2.14.